The zero-order chi connectivity index (χ0) is 29.2. The van der Waals surface area contributed by atoms with Crippen LogP contribution in [0.5, 0.6) is 17.2 Å². The summed E-state index contributed by atoms with van der Waals surface area (Å²) in [7, 11) is 1.45. The van der Waals surface area contributed by atoms with Gasteiger partial charge < -0.3 is 30.3 Å². The Balaban J connectivity index is 1.30. The number of hydrogen-bond acceptors (Lipinski definition) is 5. The number of halogens is 3. The van der Waals surface area contributed by atoms with E-state index in [1.54, 1.807) is 36.4 Å². The number of carbonyl (C=O) groups is 2. The third-order valence-corrected chi connectivity index (χ3v) is 6.58. The average molecular weight is 571 g/mol. The number of piperidine rings is 1. The summed E-state index contributed by atoms with van der Waals surface area (Å²) in [6.45, 7) is 3.73. The van der Waals surface area contributed by atoms with Crippen LogP contribution in [0.15, 0.2) is 66.7 Å². The molecule has 0 bridgehead atoms. The van der Waals surface area contributed by atoms with Crippen molar-refractivity contribution < 1.29 is 32.2 Å². The number of likely N-dealkylation sites (tertiary alicyclic amines) is 1. The number of rotatable bonds is 10. The van der Waals surface area contributed by atoms with Gasteiger partial charge in [0.25, 0.3) is 5.91 Å². The summed E-state index contributed by atoms with van der Waals surface area (Å²) < 4.78 is 49.9. The molecular weight excluding hydrogens is 537 g/mol. The Morgan fingerprint density at radius 2 is 1.56 bits per heavy atom. The Morgan fingerprint density at radius 3 is 2.27 bits per heavy atom. The van der Waals surface area contributed by atoms with E-state index in [-0.39, 0.29) is 17.4 Å². The molecule has 1 heterocycles. The summed E-state index contributed by atoms with van der Waals surface area (Å²) in [6, 6.07) is 14.9. The highest BCUT2D eigenvalue weighted by molar-refractivity contribution is 6.01. The minimum atomic E-state index is -4.49. The normalized spacial score (nSPS) is 13.8. The van der Waals surface area contributed by atoms with Gasteiger partial charge in [-0.15, -0.1) is 0 Å². The van der Waals surface area contributed by atoms with Crippen molar-refractivity contribution in [3.8, 4) is 17.2 Å². The number of hydrogen-bond donors (Lipinski definition) is 3. The van der Waals surface area contributed by atoms with Crippen molar-refractivity contribution in [1.82, 2.24) is 10.2 Å². The Labute approximate surface area is 236 Å². The van der Waals surface area contributed by atoms with Gasteiger partial charge in [-0.2, -0.15) is 13.2 Å². The van der Waals surface area contributed by atoms with Crippen molar-refractivity contribution in [3.63, 3.8) is 0 Å². The number of anilines is 2. The monoisotopic (exact) mass is 570 g/mol. The number of ether oxygens (including phenoxy) is 2. The van der Waals surface area contributed by atoms with Crippen LogP contribution in [0.4, 0.5) is 29.3 Å². The highest BCUT2D eigenvalue weighted by Crippen LogP contribution is 2.33. The lowest BCUT2D eigenvalue weighted by Gasteiger charge is -2.26. The Hall–Kier alpha value is -4.25. The maximum absolute atomic E-state index is 13.0. The quantitative estimate of drug-likeness (QED) is 0.235. The summed E-state index contributed by atoms with van der Waals surface area (Å²) in [5, 5.41) is 8.26. The van der Waals surface area contributed by atoms with E-state index in [9.17, 15) is 22.8 Å². The number of carbonyl (C=O) groups excluding carboxylic acids is 2. The molecule has 0 saturated carbocycles. The van der Waals surface area contributed by atoms with Crippen molar-refractivity contribution in [2.45, 2.75) is 31.9 Å². The van der Waals surface area contributed by atoms with Crippen LogP contribution in [0.25, 0.3) is 0 Å². The van der Waals surface area contributed by atoms with Gasteiger partial charge >= 0.3 is 12.2 Å². The first-order valence-electron chi connectivity index (χ1n) is 13.4. The second-order valence-electron chi connectivity index (χ2n) is 9.66. The predicted molar refractivity (Wildman–Crippen MR) is 151 cm³/mol. The first-order valence-corrected chi connectivity index (χ1v) is 13.4. The molecule has 1 saturated heterocycles. The summed E-state index contributed by atoms with van der Waals surface area (Å²) >= 11 is 0. The third-order valence-electron chi connectivity index (χ3n) is 6.58. The largest absolute Gasteiger partial charge is 0.496 e. The maximum atomic E-state index is 13.0. The van der Waals surface area contributed by atoms with Gasteiger partial charge in [0.2, 0.25) is 0 Å². The average Bonchev–Trinajstić information content (AvgIpc) is 2.95. The molecule has 3 aromatic carbocycles. The molecule has 0 atom stereocenters. The molecule has 0 radical (unpaired) electrons. The molecule has 0 aromatic heterocycles. The van der Waals surface area contributed by atoms with Crippen LogP contribution < -0.4 is 25.4 Å². The summed E-state index contributed by atoms with van der Waals surface area (Å²) in [5.41, 5.74) is 0.295. The Morgan fingerprint density at radius 1 is 0.878 bits per heavy atom. The van der Waals surface area contributed by atoms with Gasteiger partial charge in [-0.1, -0.05) is 18.6 Å². The number of nitrogens with one attached hydrogen (secondary N) is 3. The molecule has 1 aliphatic heterocycles. The van der Waals surface area contributed by atoms with Crippen molar-refractivity contribution in [3.05, 3.63) is 77.9 Å². The Kier molecular flexibility index (Phi) is 10.1. The molecular formula is C30H33F3N4O4. The van der Waals surface area contributed by atoms with E-state index in [1.165, 1.54) is 44.6 Å². The summed E-state index contributed by atoms with van der Waals surface area (Å²) in [4.78, 5) is 27.7. The van der Waals surface area contributed by atoms with Gasteiger partial charge in [0.15, 0.2) is 0 Å². The molecule has 11 heteroatoms. The van der Waals surface area contributed by atoms with E-state index in [4.69, 9.17) is 9.47 Å². The number of benzene rings is 3. The van der Waals surface area contributed by atoms with Crippen LogP contribution in [0.2, 0.25) is 0 Å². The zero-order valence-corrected chi connectivity index (χ0v) is 22.7. The highest BCUT2D eigenvalue weighted by Gasteiger charge is 2.30. The van der Waals surface area contributed by atoms with Gasteiger partial charge in [0.05, 0.1) is 18.2 Å². The van der Waals surface area contributed by atoms with Gasteiger partial charge in [-0.05, 0) is 81.4 Å². The molecule has 4 rings (SSSR count). The molecule has 8 nitrogen and oxygen atoms in total. The van der Waals surface area contributed by atoms with Gasteiger partial charge in [0.1, 0.15) is 17.2 Å². The van der Waals surface area contributed by atoms with E-state index < -0.39 is 17.8 Å². The maximum Gasteiger partial charge on any atom is 0.416 e. The minimum absolute atomic E-state index is 0.0136. The molecule has 218 valence electrons. The van der Waals surface area contributed by atoms with Crippen LogP contribution in [0, 0.1) is 0 Å². The minimum Gasteiger partial charge on any atom is -0.496 e. The first kappa shape index (κ1) is 29.7. The van der Waals surface area contributed by atoms with Crippen molar-refractivity contribution >= 4 is 23.3 Å². The SMILES string of the molecule is COc1cc(NC(=O)Nc2cccc(Oc3cccc(C(F)(F)F)c3)c2)ccc1C(=O)NCCCN1CCCCC1. The number of alkyl halides is 3. The molecule has 41 heavy (non-hydrogen) atoms. The number of urea groups is 1. The molecule has 1 fully saturated rings. The fourth-order valence-electron chi connectivity index (χ4n) is 4.54. The van der Waals surface area contributed by atoms with Gasteiger partial charge in [-0.3, -0.25) is 4.79 Å². The lowest BCUT2D eigenvalue weighted by atomic mass is 10.1. The number of amides is 3. The molecule has 3 aromatic rings. The third kappa shape index (κ3) is 8.87. The zero-order valence-electron chi connectivity index (χ0n) is 22.7. The smallest absolute Gasteiger partial charge is 0.416 e. The van der Waals surface area contributed by atoms with Crippen molar-refractivity contribution in [1.29, 1.82) is 0 Å². The molecule has 3 amide bonds. The van der Waals surface area contributed by atoms with Crippen molar-refractivity contribution in [2.24, 2.45) is 0 Å². The van der Waals surface area contributed by atoms with Crippen molar-refractivity contribution in [2.75, 3.05) is 43.9 Å². The van der Waals surface area contributed by atoms with Crippen LogP contribution in [-0.4, -0.2) is 50.1 Å². The van der Waals surface area contributed by atoms with E-state index in [0.29, 0.717) is 29.2 Å². The second kappa shape index (κ2) is 13.9. The summed E-state index contributed by atoms with van der Waals surface area (Å²) in [6.07, 6.45) is 0.116. The molecule has 1 aliphatic rings. The van der Waals surface area contributed by atoms with Crippen LogP contribution >= 0.6 is 0 Å². The fraction of sp³-hybridized carbons (Fsp3) is 0.333. The first-order chi connectivity index (χ1) is 19.7. The number of nitrogens with zero attached hydrogens (tertiary/aromatic N) is 1. The van der Waals surface area contributed by atoms with E-state index in [2.05, 4.69) is 20.9 Å². The lowest BCUT2D eigenvalue weighted by Crippen LogP contribution is -2.33. The standard InChI is InChI=1S/C30H33F3N4O4/c1-40-27-20-23(12-13-26(27)28(38)34-14-7-17-37-15-3-2-4-16-37)36-29(39)35-22-9-6-11-25(19-22)41-24-10-5-8-21(18-24)30(31,32)33/h5-6,8-13,18-20H,2-4,7,14-17H2,1H3,(H,34,38)(H2,35,36,39). The van der Waals surface area contributed by atoms with E-state index >= 15 is 0 Å². The van der Waals surface area contributed by atoms with Crippen LogP contribution in [0.1, 0.15) is 41.6 Å². The molecule has 3 N–H and O–H groups in total. The van der Waals surface area contributed by atoms with Crippen LogP contribution in [0.3, 0.4) is 0 Å². The predicted octanol–water partition coefficient (Wildman–Crippen LogP) is 6.76. The summed E-state index contributed by atoms with van der Waals surface area (Å²) in [5.74, 6) is 0.316. The second-order valence-corrected chi connectivity index (χ2v) is 9.66. The molecule has 0 spiro atoms. The van der Waals surface area contributed by atoms with Gasteiger partial charge in [0, 0.05) is 30.1 Å². The molecule has 0 unspecified atom stereocenters. The fourth-order valence-corrected chi connectivity index (χ4v) is 4.54. The van der Waals surface area contributed by atoms with Crippen LogP contribution in [-0.2, 0) is 6.18 Å². The Bertz CT molecular complexity index is 1340. The van der Waals surface area contributed by atoms with E-state index in [1.807, 2.05) is 0 Å². The molecule has 0 aliphatic carbocycles. The van der Waals surface area contributed by atoms with Gasteiger partial charge in [-0.25, -0.2) is 4.79 Å². The van der Waals surface area contributed by atoms with E-state index in [0.717, 1.165) is 38.2 Å². The number of methoxy groups -OCH3 is 1. The highest BCUT2D eigenvalue weighted by atomic mass is 19.4. The topological polar surface area (TPSA) is 91.9 Å². The lowest BCUT2D eigenvalue weighted by molar-refractivity contribution is -0.137.